The molecule has 2 fully saturated rings. The molecule has 0 saturated carbocycles. The Balaban J connectivity index is 1.39. The summed E-state index contributed by atoms with van der Waals surface area (Å²) in [5.74, 6) is -1.48. The van der Waals surface area contributed by atoms with Gasteiger partial charge < -0.3 is 9.47 Å². The summed E-state index contributed by atoms with van der Waals surface area (Å²) >= 11 is 0. The molecule has 0 aromatic heterocycles. The van der Waals surface area contributed by atoms with E-state index in [0.29, 0.717) is 24.8 Å². The second kappa shape index (κ2) is 14.5. The lowest BCUT2D eigenvalue weighted by molar-refractivity contribution is -0.133. The molecule has 5 rings (SSSR count). The molecule has 1 unspecified atom stereocenters. The third kappa shape index (κ3) is 7.32. The summed E-state index contributed by atoms with van der Waals surface area (Å²) in [6, 6.07) is 27.9. The van der Waals surface area contributed by atoms with E-state index < -0.39 is 36.1 Å². The number of allylic oxidation sites excluding steroid dienone is 2. The van der Waals surface area contributed by atoms with E-state index in [1.54, 1.807) is 12.2 Å². The fourth-order valence-electron chi connectivity index (χ4n) is 5.70. The van der Waals surface area contributed by atoms with Crippen molar-refractivity contribution in [3.63, 3.8) is 0 Å². The van der Waals surface area contributed by atoms with Crippen LogP contribution in [0.15, 0.2) is 115 Å². The molecule has 226 valence electrons. The Labute approximate surface area is 257 Å². The highest BCUT2D eigenvalue weighted by atomic mass is 16.6. The lowest BCUT2D eigenvalue weighted by Gasteiger charge is -2.25. The Kier molecular flexibility index (Phi) is 10.0. The minimum absolute atomic E-state index is 0.107. The smallest absolute Gasteiger partial charge is 0.417 e. The van der Waals surface area contributed by atoms with Gasteiger partial charge in [0.1, 0.15) is 13.2 Å². The largest absolute Gasteiger partial charge is 0.447 e. The number of carbonyl (C=O) groups is 4. The number of ether oxygens (including phenoxy) is 2. The van der Waals surface area contributed by atoms with Crippen molar-refractivity contribution < 1.29 is 28.7 Å². The van der Waals surface area contributed by atoms with Gasteiger partial charge in [0.25, 0.3) is 5.91 Å². The van der Waals surface area contributed by atoms with Gasteiger partial charge >= 0.3 is 12.2 Å². The quantitative estimate of drug-likeness (QED) is 0.192. The summed E-state index contributed by atoms with van der Waals surface area (Å²) in [4.78, 5) is 55.9. The lowest BCUT2D eigenvalue weighted by atomic mass is 9.94. The van der Waals surface area contributed by atoms with E-state index in [9.17, 15) is 19.2 Å². The van der Waals surface area contributed by atoms with E-state index in [1.807, 2.05) is 91.0 Å². The van der Waals surface area contributed by atoms with Crippen LogP contribution in [-0.2, 0) is 38.3 Å². The van der Waals surface area contributed by atoms with Crippen LogP contribution in [0.1, 0.15) is 29.5 Å². The average Bonchev–Trinajstić information content (AvgIpc) is 3.60. The molecule has 3 aromatic rings. The van der Waals surface area contributed by atoms with Crippen LogP contribution in [0.25, 0.3) is 0 Å². The number of imide groups is 2. The molecular weight excluding hydrogens is 556 g/mol. The van der Waals surface area contributed by atoms with Crippen LogP contribution in [0.2, 0.25) is 0 Å². The van der Waals surface area contributed by atoms with Crippen LogP contribution < -0.4 is 0 Å². The molecule has 2 aliphatic rings. The number of benzene rings is 3. The number of rotatable bonds is 12. The molecule has 2 saturated heterocycles. The molecule has 0 bridgehead atoms. The van der Waals surface area contributed by atoms with Crippen LogP contribution in [-0.4, -0.2) is 59.1 Å². The van der Waals surface area contributed by atoms with Gasteiger partial charge in [-0.1, -0.05) is 103 Å². The maximum Gasteiger partial charge on any atom is 0.417 e. The summed E-state index contributed by atoms with van der Waals surface area (Å²) < 4.78 is 10.6. The minimum atomic E-state index is -0.683. The minimum Gasteiger partial charge on any atom is -0.447 e. The molecule has 4 amide bonds. The standard InChI is InChI=1S/C36H36N2O6/c1-2-12-29(33(39)37-31(24-43-35(37)41)22-27-15-8-4-9-16-27)19-20-30(21-26-13-6-3-7-14-26)34(40)38-32(25-44-36(38)42)23-28-17-10-5-11-18-28/h2-11,13-18,20,29,31-32H,1,12,19,21-25H2/b30-20+/t29?,31-,32-/m0/s1. The highest BCUT2D eigenvalue weighted by Gasteiger charge is 2.41. The number of cyclic esters (lactones) is 2. The maximum absolute atomic E-state index is 14.0. The molecular formula is C36H36N2O6. The predicted octanol–water partition coefficient (Wildman–Crippen LogP) is 5.92. The van der Waals surface area contributed by atoms with E-state index >= 15 is 0 Å². The van der Waals surface area contributed by atoms with Crippen molar-refractivity contribution in [2.45, 2.75) is 44.2 Å². The normalized spacial score (nSPS) is 19.0. The second-order valence-electron chi connectivity index (χ2n) is 11.1. The van der Waals surface area contributed by atoms with Crippen LogP contribution in [0.5, 0.6) is 0 Å². The van der Waals surface area contributed by atoms with Gasteiger partial charge in [-0.15, -0.1) is 6.58 Å². The number of nitrogens with zero attached hydrogens (tertiary/aromatic N) is 2. The molecule has 44 heavy (non-hydrogen) atoms. The summed E-state index contributed by atoms with van der Waals surface area (Å²) in [5.41, 5.74) is 3.24. The van der Waals surface area contributed by atoms with Gasteiger partial charge in [0.05, 0.1) is 12.1 Å². The third-order valence-corrected chi connectivity index (χ3v) is 7.97. The zero-order chi connectivity index (χ0) is 30.9. The Morgan fingerprint density at radius 2 is 1.20 bits per heavy atom. The molecule has 3 atom stereocenters. The van der Waals surface area contributed by atoms with Crippen molar-refractivity contribution >= 4 is 24.0 Å². The average molecular weight is 593 g/mol. The van der Waals surface area contributed by atoms with E-state index in [1.165, 1.54) is 9.80 Å². The van der Waals surface area contributed by atoms with Crippen LogP contribution in [0.3, 0.4) is 0 Å². The summed E-state index contributed by atoms with van der Waals surface area (Å²) in [5, 5.41) is 0. The molecule has 2 heterocycles. The van der Waals surface area contributed by atoms with E-state index in [-0.39, 0.29) is 32.0 Å². The molecule has 0 radical (unpaired) electrons. The summed E-state index contributed by atoms with van der Waals surface area (Å²) in [6.07, 6.45) is 3.69. The molecule has 8 nitrogen and oxygen atoms in total. The van der Waals surface area contributed by atoms with Gasteiger partial charge in [0.2, 0.25) is 5.91 Å². The molecule has 0 aliphatic carbocycles. The SMILES string of the molecule is C=CCC(C/C=C(\Cc1ccccc1)C(=O)N1C(=O)OC[C@@H]1Cc1ccccc1)C(=O)N1C(=O)OC[C@@H]1Cc1ccccc1. The first-order valence-electron chi connectivity index (χ1n) is 14.9. The van der Waals surface area contributed by atoms with Crippen molar-refractivity contribution in [2.24, 2.45) is 5.92 Å². The van der Waals surface area contributed by atoms with Crippen molar-refractivity contribution in [1.29, 1.82) is 0 Å². The molecule has 2 aliphatic heterocycles. The van der Waals surface area contributed by atoms with Crippen LogP contribution >= 0.6 is 0 Å². The first-order chi connectivity index (χ1) is 21.4. The Bertz CT molecular complexity index is 1510. The second-order valence-corrected chi connectivity index (χ2v) is 11.1. The Morgan fingerprint density at radius 3 is 1.73 bits per heavy atom. The van der Waals surface area contributed by atoms with Crippen molar-refractivity contribution in [3.05, 3.63) is 132 Å². The van der Waals surface area contributed by atoms with Gasteiger partial charge in [-0.05, 0) is 42.4 Å². The number of hydrogen-bond donors (Lipinski definition) is 0. The topological polar surface area (TPSA) is 93.2 Å². The van der Waals surface area contributed by atoms with Crippen LogP contribution in [0, 0.1) is 5.92 Å². The van der Waals surface area contributed by atoms with Gasteiger partial charge in [0, 0.05) is 17.9 Å². The van der Waals surface area contributed by atoms with E-state index in [0.717, 1.165) is 16.7 Å². The highest BCUT2D eigenvalue weighted by molar-refractivity contribution is 6.04. The van der Waals surface area contributed by atoms with Gasteiger partial charge in [-0.3, -0.25) is 9.59 Å². The van der Waals surface area contributed by atoms with Crippen LogP contribution in [0.4, 0.5) is 9.59 Å². The number of amides is 4. The van der Waals surface area contributed by atoms with Gasteiger partial charge in [0.15, 0.2) is 0 Å². The Hall–Kier alpha value is -4.98. The van der Waals surface area contributed by atoms with E-state index in [2.05, 4.69) is 6.58 Å². The molecule has 0 spiro atoms. The fourth-order valence-corrected chi connectivity index (χ4v) is 5.70. The van der Waals surface area contributed by atoms with E-state index in [4.69, 9.17) is 9.47 Å². The summed E-state index contributed by atoms with van der Waals surface area (Å²) in [6.45, 7) is 4.05. The molecule has 0 N–H and O–H groups in total. The van der Waals surface area contributed by atoms with Gasteiger partial charge in [-0.2, -0.15) is 0 Å². The van der Waals surface area contributed by atoms with Crippen molar-refractivity contribution in [2.75, 3.05) is 13.2 Å². The third-order valence-electron chi connectivity index (χ3n) is 7.97. The monoisotopic (exact) mass is 592 g/mol. The maximum atomic E-state index is 14.0. The summed E-state index contributed by atoms with van der Waals surface area (Å²) in [7, 11) is 0. The zero-order valence-electron chi connectivity index (χ0n) is 24.5. The fraction of sp³-hybridized carbons (Fsp3) is 0.278. The predicted molar refractivity (Wildman–Crippen MR) is 165 cm³/mol. The Morgan fingerprint density at radius 1 is 0.727 bits per heavy atom. The molecule has 3 aromatic carbocycles. The lowest BCUT2D eigenvalue weighted by Crippen LogP contribution is -2.43. The number of hydrogen-bond acceptors (Lipinski definition) is 6. The van der Waals surface area contributed by atoms with Crippen molar-refractivity contribution in [1.82, 2.24) is 9.80 Å². The van der Waals surface area contributed by atoms with Gasteiger partial charge in [-0.25, -0.2) is 19.4 Å². The van der Waals surface area contributed by atoms with Crippen molar-refractivity contribution in [3.8, 4) is 0 Å². The highest BCUT2D eigenvalue weighted by Crippen LogP contribution is 2.26. The zero-order valence-corrected chi connectivity index (χ0v) is 24.5. The first-order valence-corrected chi connectivity index (χ1v) is 14.9. The molecule has 8 heteroatoms. The first kappa shape index (κ1) is 30.5. The number of carbonyl (C=O) groups excluding carboxylic acids is 4.